The summed E-state index contributed by atoms with van der Waals surface area (Å²) in [6.07, 6.45) is 1.87. The Kier molecular flexibility index (Phi) is 6.30. The molecule has 176 valence electrons. The van der Waals surface area contributed by atoms with Crippen LogP contribution in [0.5, 0.6) is 0 Å². The molecule has 1 aliphatic heterocycles. The van der Waals surface area contributed by atoms with Gasteiger partial charge in [-0.05, 0) is 60.4 Å². The Morgan fingerprint density at radius 3 is 2.69 bits per heavy atom. The first-order valence-corrected chi connectivity index (χ1v) is 12.9. The van der Waals surface area contributed by atoms with Gasteiger partial charge in [-0.2, -0.15) is 0 Å². The molecule has 4 aromatic rings. The van der Waals surface area contributed by atoms with Crippen LogP contribution in [0.1, 0.15) is 36.6 Å². The monoisotopic (exact) mass is 546 g/mol. The van der Waals surface area contributed by atoms with E-state index < -0.39 is 12.0 Å². The minimum absolute atomic E-state index is 0.183. The number of allylic oxidation sites excluding steroid dienone is 1. The van der Waals surface area contributed by atoms with E-state index in [4.69, 9.17) is 4.74 Å². The highest BCUT2D eigenvalue weighted by Crippen LogP contribution is 2.34. The van der Waals surface area contributed by atoms with Gasteiger partial charge in [0, 0.05) is 4.47 Å². The molecule has 0 unspecified atom stereocenters. The number of thiazole rings is 1. The second kappa shape index (κ2) is 9.40. The average Bonchev–Trinajstić information content (AvgIpc) is 3.14. The van der Waals surface area contributed by atoms with Gasteiger partial charge < -0.3 is 4.74 Å². The molecular weight excluding hydrogens is 524 g/mol. The number of fused-ring (bicyclic) bond motifs is 2. The van der Waals surface area contributed by atoms with Gasteiger partial charge in [0.15, 0.2) is 4.80 Å². The van der Waals surface area contributed by atoms with E-state index >= 15 is 0 Å². The first kappa shape index (κ1) is 23.5. The number of aryl methyl sites for hydroxylation is 1. The fourth-order valence-corrected chi connectivity index (χ4v) is 5.87. The zero-order valence-electron chi connectivity index (χ0n) is 19.5. The van der Waals surface area contributed by atoms with Crippen molar-refractivity contribution in [2.45, 2.75) is 26.8 Å². The van der Waals surface area contributed by atoms with Crippen molar-refractivity contribution in [1.29, 1.82) is 0 Å². The highest BCUT2D eigenvalue weighted by molar-refractivity contribution is 9.10. The molecule has 0 saturated heterocycles. The number of nitrogens with zero attached hydrogens (tertiary/aromatic N) is 2. The van der Waals surface area contributed by atoms with Crippen molar-refractivity contribution in [1.82, 2.24) is 4.57 Å². The molecule has 0 N–H and O–H groups in total. The van der Waals surface area contributed by atoms with Crippen molar-refractivity contribution in [2.24, 2.45) is 4.99 Å². The highest BCUT2D eigenvalue weighted by Gasteiger charge is 2.34. The van der Waals surface area contributed by atoms with Crippen LogP contribution in [0, 0.1) is 6.92 Å². The van der Waals surface area contributed by atoms with Crippen LogP contribution in [0.2, 0.25) is 0 Å². The molecule has 5 rings (SSSR count). The summed E-state index contributed by atoms with van der Waals surface area (Å²) in [5.41, 5.74) is 3.67. The van der Waals surface area contributed by atoms with Crippen molar-refractivity contribution in [2.75, 3.05) is 6.61 Å². The molecule has 0 aliphatic carbocycles. The zero-order valence-corrected chi connectivity index (χ0v) is 21.9. The lowest BCUT2D eigenvalue weighted by molar-refractivity contribution is -0.139. The number of hydrogen-bond acceptors (Lipinski definition) is 5. The lowest BCUT2D eigenvalue weighted by Crippen LogP contribution is -2.40. The number of carbonyl (C=O) groups is 1. The van der Waals surface area contributed by atoms with Gasteiger partial charge in [-0.3, -0.25) is 9.36 Å². The number of rotatable bonds is 4. The van der Waals surface area contributed by atoms with Crippen LogP contribution in [0.15, 0.2) is 86.2 Å². The van der Waals surface area contributed by atoms with Crippen molar-refractivity contribution in [3.63, 3.8) is 0 Å². The molecule has 2 heterocycles. The van der Waals surface area contributed by atoms with Crippen molar-refractivity contribution >= 4 is 50.1 Å². The number of ether oxygens (including phenoxy) is 1. The topological polar surface area (TPSA) is 60.7 Å². The van der Waals surface area contributed by atoms with Crippen LogP contribution >= 0.6 is 27.3 Å². The minimum atomic E-state index is -0.636. The van der Waals surface area contributed by atoms with Crippen LogP contribution in [-0.2, 0) is 9.53 Å². The summed E-state index contributed by atoms with van der Waals surface area (Å²) in [7, 11) is 0. The number of aromatic nitrogens is 1. The Bertz CT molecular complexity index is 1690. The quantitative estimate of drug-likeness (QED) is 0.337. The molecule has 35 heavy (non-hydrogen) atoms. The SMILES string of the molecule is CCOC(=O)C1=C(C)N=c2s/c(=C\c3ccc(C)c(Br)c3)c(=O)n2[C@H]1c1cccc2ccccc12. The first-order chi connectivity index (χ1) is 16.9. The summed E-state index contributed by atoms with van der Waals surface area (Å²) in [5, 5.41) is 2.02. The fraction of sp³-hybridized carbons (Fsp3) is 0.179. The van der Waals surface area contributed by atoms with Gasteiger partial charge in [0.2, 0.25) is 0 Å². The molecule has 5 nitrogen and oxygen atoms in total. The Balaban J connectivity index is 1.79. The molecule has 3 aromatic carbocycles. The summed E-state index contributed by atoms with van der Waals surface area (Å²) in [5.74, 6) is -0.455. The maximum Gasteiger partial charge on any atom is 0.338 e. The van der Waals surface area contributed by atoms with Crippen molar-refractivity contribution in [3.8, 4) is 0 Å². The molecule has 0 fully saturated rings. The predicted octanol–water partition coefficient (Wildman–Crippen LogP) is 5.02. The van der Waals surface area contributed by atoms with Crippen LogP contribution in [0.25, 0.3) is 16.8 Å². The smallest absolute Gasteiger partial charge is 0.338 e. The molecule has 0 radical (unpaired) electrons. The highest BCUT2D eigenvalue weighted by atomic mass is 79.9. The molecular formula is C28H23BrN2O3S. The van der Waals surface area contributed by atoms with E-state index in [1.165, 1.54) is 11.3 Å². The standard InChI is InChI=1S/C28H23BrN2O3S/c1-4-34-27(33)24-17(3)30-28-31(25(24)21-11-7-9-19-8-5-6-10-20(19)21)26(32)23(35-28)15-18-13-12-16(2)22(29)14-18/h5-15,25H,4H2,1-3H3/b23-15-/t25-/m0/s1. The molecule has 1 aromatic heterocycles. The number of halogens is 1. The van der Waals surface area contributed by atoms with Gasteiger partial charge in [0.05, 0.1) is 28.5 Å². The molecule has 0 bridgehead atoms. The van der Waals surface area contributed by atoms with Gasteiger partial charge >= 0.3 is 5.97 Å². The molecule has 1 atom stereocenters. The third-order valence-corrected chi connectivity index (χ3v) is 7.97. The third-order valence-electron chi connectivity index (χ3n) is 6.13. The molecule has 1 aliphatic rings. The van der Waals surface area contributed by atoms with Crippen molar-refractivity contribution < 1.29 is 9.53 Å². The number of benzene rings is 3. The van der Waals surface area contributed by atoms with E-state index in [0.29, 0.717) is 20.6 Å². The number of esters is 1. The van der Waals surface area contributed by atoms with E-state index in [0.717, 1.165) is 31.9 Å². The van der Waals surface area contributed by atoms with Crippen LogP contribution < -0.4 is 14.9 Å². The Labute approximate surface area is 214 Å². The molecule has 7 heteroatoms. The normalized spacial score (nSPS) is 15.8. The van der Waals surface area contributed by atoms with Gasteiger partial charge in [-0.1, -0.05) is 81.9 Å². The lowest BCUT2D eigenvalue weighted by Gasteiger charge is -2.25. The summed E-state index contributed by atoms with van der Waals surface area (Å²) in [6.45, 7) is 5.84. The van der Waals surface area contributed by atoms with Gasteiger partial charge in [-0.25, -0.2) is 9.79 Å². The molecule has 0 spiro atoms. The second-order valence-corrected chi connectivity index (χ2v) is 10.2. The van der Waals surface area contributed by atoms with Crippen LogP contribution in [0.4, 0.5) is 0 Å². The minimum Gasteiger partial charge on any atom is -0.463 e. The largest absolute Gasteiger partial charge is 0.463 e. The Morgan fingerprint density at radius 2 is 1.91 bits per heavy atom. The summed E-state index contributed by atoms with van der Waals surface area (Å²) in [4.78, 5) is 32.2. The zero-order chi connectivity index (χ0) is 24.7. The van der Waals surface area contributed by atoms with Gasteiger partial charge in [0.1, 0.15) is 0 Å². The van der Waals surface area contributed by atoms with Crippen molar-refractivity contribution in [3.05, 3.63) is 113 Å². The van der Waals surface area contributed by atoms with Gasteiger partial charge in [-0.15, -0.1) is 0 Å². The van der Waals surface area contributed by atoms with E-state index in [2.05, 4.69) is 20.9 Å². The van der Waals surface area contributed by atoms with Crippen LogP contribution in [-0.4, -0.2) is 17.1 Å². The van der Waals surface area contributed by atoms with Crippen LogP contribution in [0.3, 0.4) is 0 Å². The first-order valence-electron chi connectivity index (χ1n) is 11.3. The number of hydrogen-bond donors (Lipinski definition) is 0. The molecule has 0 amide bonds. The lowest BCUT2D eigenvalue weighted by atomic mass is 9.91. The van der Waals surface area contributed by atoms with E-state index in [1.54, 1.807) is 18.4 Å². The second-order valence-electron chi connectivity index (χ2n) is 8.38. The van der Waals surface area contributed by atoms with E-state index in [9.17, 15) is 9.59 Å². The summed E-state index contributed by atoms with van der Waals surface area (Å²) >= 11 is 4.90. The Hall–Kier alpha value is -3.29. The Morgan fingerprint density at radius 1 is 1.14 bits per heavy atom. The summed E-state index contributed by atoms with van der Waals surface area (Å²) < 4.78 is 8.59. The maximum atomic E-state index is 13.8. The number of carbonyl (C=O) groups excluding carboxylic acids is 1. The third kappa shape index (κ3) is 4.19. The maximum absolute atomic E-state index is 13.8. The summed E-state index contributed by atoms with van der Waals surface area (Å²) in [6, 6.07) is 19.3. The van der Waals surface area contributed by atoms with E-state index in [-0.39, 0.29) is 12.2 Å². The fourth-order valence-electron chi connectivity index (χ4n) is 4.42. The predicted molar refractivity (Wildman–Crippen MR) is 143 cm³/mol. The average molecular weight is 547 g/mol. The molecule has 0 saturated carbocycles. The van der Waals surface area contributed by atoms with Gasteiger partial charge in [0.25, 0.3) is 5.56 Å². The van der Waals surface area contributed by atoms with E-state index in [1.807, 2.05) is 73.7 Å².